The van der Waals surface area contributed by atoms with E-state index in [1.807, 2.05) is 6.92 Å². The van der Waals surface area contributed by atoms with Gasteiger partial charge in [0.1, 0.15) is 0 Å². The van der Waals surface area contributed by atoms with Crippen LogP contribution >= 0.6 is 12.4 Å². The van der Waals surface area contributed by atoms with E-state index in [0.717, 1.165) is 32.5 Å². The number of nitrogens with zero attached hydrogens (tertiary/aromatic N) is 1. The van der Waals surface area contributed by atoms with Crippen molar-refractivity contribution in [1.82, 2.24) is 10.2 Å². The van der Waals surface area contributed by atoms with Crippen LogP contribution in [0.2, 0.25) is 0 Å². The summed E-state index contributed by atoms with van der Waals surface area (Å²) in [4.78, 5) is 15.0. The van der Waals surface area contributed by atoms with Gasteiger partial charge in [-0.25, -0.2) is 0 Å². The standard InChI is InChI=1S/C20H28N2O.ClH/c1-3-4-5-6-11-19(23)22-14-16-12-21-13-18(16)20(22)17-10-8-7-9-15(17)2;/h3-4,7-10,16,18,20-21H,5-6,11-14H2,1-2H3;1H/b4-3+;/t16-,18-,20-;/m0./s1. The summed E-state index contributed by atoms with van der Waals surface area (Å²) in [6.45, 7) is 7.20. The van der Waals surface area contributed by atoms with Crippen LogP contribution in [-0.2, 0) is 4.79 Å². The fraction of sp³-hybridized carbons (Fsp3) is 0.550. The number of fused-ring (bicyclic) bond motifs is 1. The minimum Gasteiger partial charge on any atom is -0.335 e. The summed E-state index contributed by atoms with van der Waals surface area (Å²) < 4.78 is 0. The van der Waals surface area contributed by atoms with Gasteiger partial charge in [-0.15, -0.1) is 12.4 Å². The molecular formula is C20H29ClN2O. The molecule has 2 aliphatic rings. The first-order chi connectivity index (χ1) is 11.2. The first kappa shape index (κ1) is 19.0. The van der Waals surface area contributed by atoms with Crippen molar-refractivity contribution >= 4 is 18.3 Å². The lowest BCUT2D eigenvalue weighted by atomic mass is 9.87. The predicted molar refractivity (Wildman–Crippen MR) is 101 cm³/mol. The molecule has 1 amide bonds. The van der Waals surface area contributed by atoms with Crippen LogP contribution in [0.25, 0.3) is 0 Å². The topological polar surface area (TPSA) is 32.3 Å². The average molecular weight is 349 g/mol. The van der Waals surface area contributed by atoms with Crippen molar-refractivity contribution in [2.24, 2.45) is 11.8 Å². The van der Waals surface area contributed by atoms with Gasteiger partial charge in [-0.1, -0.05) is 36.4 Å². The number of hydrogen-bond acceptors (Lipinski definition) is 2. The van der Waals surface area contributed by atoms with Crippen LogP contribution in [0.4, 0.5) is 0 Å². The highest BCUT2D eigenvalue weighted by Crippen LogP contribution is 2.43. The van der Waals surface area contributed by atoms with Crippen molar-refractivity contribution in [1.29, 1.82) is 0 Å². The number of benzene rings is 1. The van der Waals surface area contributed by atoms with Gasteiger partial charge in [0.15, 0.2) is 0 Å². The van der Waals surface area contributed by atoms with Gasteiger partial charge in [-0.05, 0) is 43.7 Å². The predicted octanol–water partition coefficient (Wildman–Crippen LogP) is 3.88. The smallest absolute Gasteiger partial charge is 0.223 e. The lowest BCUT2D eigenvalue weighted by Gasteiger charge is -2.29. The molecule has 0 saturated carbocycles. The van der Waals surface area contributed by atoms with E-state index >= 15 is 0 Å². The van der Waals surface area contributed by atoms with E-state index < -0.39 is 0 Å². The zero-order chi connectivity index (χ0) is 16.2. The second kappa shape index (κ2) is 8.68. The second-order valence-electron chi connectivity index (χ2n) is 6.89. The third-order valence-electron chi connectivity index (χ3n) is 5.39. The summed E-state index contributed by atoms with van der Waals surface area (Å²) in [6, 6.07) is 8.82. The quantitative estimate of drug-likeness (QED) is 0.647. The van der Waals surface area contributed by atoms with E-state index in [9.17, 15) is 4.79 Å². The summed E-state index contributed by atoms with van der Waals surface area (Å²) in [5.74, 6) is 1.51. The van der Waals surface area contributed by atoms with Crippen molar-refractivity contribution < 1.29 is 4.79 Å². The molecule has 2 heterocycles. The maximum absolute atomic E-state index is 12.8. The molecule has 24 heavy (non-hydrogen) atoms. The van der Waals surface area contributed by atoms with Crippen LogP contribution in [0.5, 0.6) is 0 Å². The van der Waals surface area contributed by atoms with Crippen LogP contribution in [-0.4, -0.2) is 30.4 Å². The number of unbranched alkanes of at least 4 members (excludes halogenated alkanes) is 1. The fourth-order valence-electron chi connectivity index (χ4n) is 4.18. The number of likely N-dealkylation sites (tertiary alicyclic amines) is 1. The van der Waals surface area contributed by atoms with Crippen molar-refractivity contribution in [3.8, 4) is 0 Å². The van der Waals surface area contributed by atoms with Gasteiger partial charge in [0.2, 0.25) is 5.91 Å². The minimum atomic E-state index is 0. The monoisotopic (exact) mass is 348 g/mol. The van der Waals surface area contributed by atoms with Crippen molar-refractivity contribution in [2.45, 2.75) is 39.2 Å². The Kier molecular flexibility index (Phi) is 6.88. The molecule has 1 aromatic carbocycles. The van der Waals surface area contributed by atoms with E-state index in [0.29, 0.717) is 24.2 Å². The Morgan fingerprint density at radius 3 is 2.88 bits per heavy atom. The SMILES string of the molecule is C/C=C/CCCC(=O)N1C[C@@H]2CNC[C@@H]2[C@@H]1c1ccccc1C.Cl. The van der Waals surface area contributed by atoms with Crippen LogP contribution in [0, 0.1) is 18.8 Å². The Balaban J connectivity index is 0.00000208. The molecule has 0 unspecified atom stereocenters. The highest BCUT2D eigenvalue weighted by Gasteiger charge is 2.46. The van der Waals surface area contributed by atoms with Gasteiger partial charge in [-0.2, -0.15) is 0 Å². The van der Waals surface area contributed by atoms with Gasteiger partial charge >= 0.3 is 0 Å². The number of carbonyl (C=O) groups is 1. The molecule has 2 saturated heterocycles. The van der Waals surface area contributed by atoms with Gasteiger partial charge < -0.3 is 10.2 Å². The number of allylic oxidation sites excluding steroid dienone is 2. The highest BCUT2D eigenvalue weighted by molar-refractivity contribution is 5.85. The van der Waals surface area contributed by atoms with Crippen molar-refractivity contribution in [2.75, 3.05) is 19.6 Å². The van der Waals surface area contributed by atoms with Crippen molar-refractivity contribution in [3.63, 3.8) is 0 Å². The molecule has 0 radical (unpaired) electrons. The summed E-state index contributed by atoms with van der Waals surface area (Å²) in [7, 11) is 0. The Hall–Kier alpha value is -1.32. The molecule has 2 aliphatic heterocycles. The van der Waals surface area contributed by atoms with Crippen LogP contribution in [0.1, 0.15) is 43.4 Å². The summed E-state index contributed by atoms with van der Waals surface area (Å²) in [5, 5.41) is 3.52. The van der Waals surface area contributed by atoms with E-state index in [1.54, 1.807) is 0 Å². The molecule has 132 valence electrons. The zero-order valence-electron chi connectivity index (χ0n) is 14.7. The summed E-state index contributed by atoms with van der Waals surface area (Å²) >= 11 is 0. The average Bonchev–Trinajstić information content (AvgIpc) is 3.13. The van der Waals surface area contributed by atoms with Gasteiger partial charge in [-0.3, -0.25) is 4.79 Å². The fourth-order valence-corrected chi connectivity index (χ4v) is 4.18. The van der Waals surface area contributed by atoms with Gasteiger partial charge in [0.25, 0.3) is 0 Å². The summed E-state index contributed by atoms with van der Waals surface area (Å²) in [5.41, 5.74) is 2.64. The van der Waals surface area contributed by atoms with Gasteiger partial charge in [0, 0.05) is 32.0 Å². The molecule has 0 aromatic heterocycles. The third kappa shape index (κ3) is 3.84. The minimum absolute atomic E-state index is 0. The van der Waals surface area contributed by atoms with Crippen LogP contribution in [0.3, 0.4) is 0 Å². The number of halogens is 1. The number of hydrogen-bond donors (Lipinski definition) is 1. The number of carbonyl (C=O) groups excluding carboxylic acids is 1. The van der Waals surface area contributed by atoms with Crippen LogP contribution < -0.4 is 5.32 Å². The zero-order valence-corrected chi connectivity index (χ0v) is 15.5. The van der Waals surface area contributed by atoms with Gasteiger partial charge in [0.05, 0.1) is 6.04 Å². The molecule has 0 spiro atoms. The first-order valence-electron chi connectivity index (χ1n) is 8.89. The maximum Gasteiger partial charge on any atom is 0.223 e. The lowest BCUT2D eigenvalue weighted by Crippen LogP contribution is -2.34. The normalized spacial score (nSPS) is 25.8. The molecule has 4 heteroatoms. The molecule has 3 rings (SSSR count). The highest BCUT2D eigenvalue weighted by atomic mass is 35.5. The first-order valence-corrected chi connectivity index (χ1v) is 8.89. The Labute approximate surface area is 151 Å². The third-order valence-corrected chi connectivity index (χ3v) is 5.39. The van der Waals surface area contributed by atoms with E-state index in [1.165, 1.54) is 11.1 Å². The molecular weight excluding hydrogens is 320 g/mol. The van der Waals surface area contributed by atoms with Crippen LogP contribution in [0.15, 0.2) is 36.4 Å². The summed E-state index contributed by atoms with van der Waals surface area (Å²) in [6.07, 6.45) is 6.83. The van der Waals surface area contributed by atoms with Crippen molar-refractivity contribution in [3.05, 3.63) is 47.5 Å². The molecule has 0 aliphatic carbocycles. The number of amides is 1. The van der Waals surface area contributed by atoms with E-state index in [4.69, 9.17) is 0 Å². The molecule has 0 bridgehead atoms. The maximum atomic E-state index is 12.8. The second-order valence-corrected chi connectivity index (χ2v) is 6.89. The lowest BCUT2D eigenvalue weighted by molar-refractivity contribution is -0.132. The molecule has 3 nitrogen and oxygen atoms in total. The molecule has 2 fully saturated rings. The molecule has 1 N–H and O–H groups in total. The number of aryl methyl sites for hydroxylation is 1. The largest absolute Gasteiger partial charge is 0.335 e. The Bertz CT molecular complexity index is 587. The molecule has 3 atom stereocenters. The van der Waals surface area contributed by atoms with E-state index in [2.05, 4.69) is 53.6 Å². The van der Waals surface area contributed by atoms with E-state index in [-0.39, 0.29) is 18.4 Å². The molecule has 1 aromatic rings. The number of nitrogens with one attached hydrogen (secondary N) is 1. The Morgan fingerprint density at radius 2 is 2.12 bits per heavy atom. The number of rotatable bonds is 5. The Morgan fingerprint density at radius 1 is 1.33 bits per heavy atom.